The molecule has 2 rings (SSSR count). The van der Waals surface area contributed by atoms with Gasteiger partial charge in [0.2, 0.25) is 0 Å². The highest BCUT2D eigenvalue weighted by Gasteiger charge is 2.28. The lowest BCUT2D eigenvalue weighted by atomic mass is 9.89. The Hall–Kier alpha value is -0.380. The average Bonchev–Trinajstić information content (AvgIpc) is 2.49. The van der Waals surface area contributed by atoms with Gasteiger partial charge in [-0.2, -0.15) is 0 Å². The van der Waals surface area contributed by atoms with Gasteiger partial charge in [0.25, 0.3) is 0 Å². The van der Waals surface area contributed by atoms with E-state index >= 15 is 0 Å². The molecule has 1 aliphatic rings. The van der Waals surface area contributed by atoms with Crippen molar-refractivity contribution in [1.82, 2.24) is 5.32 Å². The van der Waals surface area contributed by atoms with E-state index in [-0.39, 0.29) is 6.10 Å². The third-order valence-electron chi connectivity index (χ3n) is 2.79. The van der Waals surface area contributed by atoms with Crippen LogP contribution in [0, 0.1) is 6.92 Å². The first kappa shape index (κ1) is 10.1. The molecule has 14 heavy (non-hydrogen) atoms. The first-order valence-corrected chi connectivity index (χ1v) is 5.97. The van der Waals surface area contributed by atoms with Gasteiger partial charge in [0, 0.05) is 21.8 Å². The summed E-state index contributed by atoms with van der Waals surface area (Å²) >= 11 is 1.85. The zero-order valence-electron chi connectivity index (χ0n) is 8.66. The van der Waals surface area contributed by atoms with Gasteiger partial charge in [0.15, 0.2) is 0 Å². The minimum atomic E-state index is -0.0650. The number of aryl methyl sites for hydroxylation is 1. The minimum Gasteiger partial charge on any atom is -0.393 e. The molecule has 1 heterocycles. The van der Waals surface area contributed by atoms with Crippen LogP contribution >= 0.6 is 11.3 Å². The Balaban J connectivity index is 1.86. The second-order valence-corrected chi connectivity index (χ2v) is 5.48. The standard InChI is InChI=1S/C11H17NOS/c1-7-3-4-11(14-7)8(2)12-9-5-10(13)6-9/h3-4,8-10,12-13H,5-6H2,1-2H3. The van der Waals surface area contributed by atoms with Crippen molar-refractivity contribution in [1.29, 1.82) is 0 Å². The predicted molar refractivity (Wildman–Crippen MR) is 59.6 cm³/mol. The summed E-state index contributed by atoms with van der Waals surface area (Å²) in [5, 5.41) is 12.7. The highest BCUT2D eigenvalue weighted by atomic mass is 32.1. The number of aliphatic hydroxyl groups excluding tert-OH is 1. The molecule has 1 fully saturated rings. The fourth-order valence-corrected chi connectivity index (χ4v) is 2.73. The molecule has 1 aliphatic carbocycles. The maximum absolute atomic E-state index is 9.17. The molecular weight excluding hydrogens is 194 g/mol. The summed E-state index contributed by atoms with van der Waals surface area (Å²) in [6.45, 7) is 4.32. The van der Waals surface area contributed by atoms with Gasteiger partial charge in [0.05, 0.1) is 6.10 Å². The Labute approximate surface area is 89.0 Å². The highest BCUT2D eigenvalue weighted by Crippen LogP contribution is 2.26. The van der Waals surface area contributed by atoms with Crippen molar-refractivity contribution in [3.63, 3.8) is 0 Å². The summed E-state index contributed by atoms with van der Waals surface area (Å²) in [6, 6.07) is 5.29. The Bertz CT molecular complexity index is 304. The van der Waals surface area contributed by atoms with Crippen molar-refractivity contribution in [3.05, 3.63) is 21.9 Å². The van der Waals surface area contributed by atoms with Crippen LogP contribution < -0.4 is 5.32 Å². The SMILES string of the molecule is Cc1ccc(C(C)NC2CC(O)C2)s1. The van der Waals surface area contributed by atoms with E-state index in [1.165, 1.54) is 9.75 Å². The van der Waals surface area contributed by atoms with E-state index in [4.69, 9.17) is 5.11 Å². The van der Waals surface area contributed by atoms with E-state index in [2.05, 4.69) is 31.3 Å². The maximum Gasteiger partial charge on any atom is 0.0570 e. The van der Waals surface area contributed by atoms with E-state index < -0.39 is 0 Å². The van der Waals surface area contributed by atoms with Gasteiger partial charge >= 0.3 is 0 Å². The van der Waals surface area contributed by atoms with Crippen LogP contribution in [0.15, 0.2) is 12.1 Å². The summed E-state index contributed by atoms with van der Waals surface area (Å²) in [6.07, 6.45) is 1.76. The van der Waals surface area contributed by atoms with E-state index in [0.29, 0.717) is 12.1 Å². The number of rotatable bonds is 3. The average molecular weight is 211 g/mol. The molecule has 2 nitrogen and oxygen atoms in total. The molecule has 0 aromatic carbocycles. The highest BCUT2D eigenvalue weighted by molar-refractivity contribution is 7.12. The minimum absolute atomic E-state index is 0.0650. The number of aliphatic hydroxyl groups is 1. The molecule has 78 valence electrons. The zero-order chi connectivity index (χ0) is 10.1. The Kier molecular flexibility index (Phi) is 2.91. The fourth-order valence-electron chi connectivity index (χ4n) is 1.85. The van der Waals surface area contributed by atoms with Crippen molar-refractivity contribution in [2.45, 2.75) is 44.9 Å². The van der Waals surface area contributed by atoms with Crippen molar-refractivity contribution in [3.8, 4) is 0 Å². The first-order valence-electron chi connectivity index (χ1n) is 5.15. The van der Waals surface area contributed by atoms with Gasteiger partial charge in [-0.15, -0.1) is 11.3 Å². The molecule has 0 bridgehead atoms. The van der Waals surface area contributed by atoms with Gasteiger partial charge in [-0.1, -0.05) is 0 Å². The molecule has 0 spiro atoms. The smallest absolute Gasteiger partial charge is 0.0570 e. The van der Waals surface area contributed by atoms with Crippen molar-refractivity contribution < 1.29 is 5.11 Å². The third kappa shape index (κ3) is 2.16. The van der Waals surface area contributed by atoms with Gasteiger partial charge in [0.1, 0.15) is 0 Å². The van der Waals surface area contributed by atoms with Crippen LogP contribution in [0.1, 0.15) is 35.6 Å². The number of hydrogen-bond donors (Lipinski definition) is 2. The van der Waals surface area contributed by atoms with Crippen LogP contribution in [-0.4, -0.2) is 17.3 Å². The lowest BCUT2D eigenvalue weighted by Crippen LogP contribution is -2.44. The van der Waals surface area contributed by atoms with E-state index in [0.717, 1.165) is 12.8 Å². The normalized spacial score (nSPS) is 28.5. The van der Waals surface area contributed by atoms with Crippen LogP contribution in [-0.2, 0) is 0 Å². The van der Waals surface area contributed by atoms with Crippen LogP contribution in [0.25, 0.3) is 0 Å². The predicted octanol–water partition coefficient (Wildman–Crippen LogP) is 2.23. The van der Waals surface area contributed by atoms with Gasteiger partial charge in [-0.25, -0.2) is 0 Å². The second kappa shape index (κ2) is 4.01. The molecule has 0 radical (unpaired) electrons. The summed E-state index contributed by atoms with van der Waals surface area (Å²) in [4.78, 5) is 2.76. The summed E-state index contributed by atoms with van der Waals surface area (Å²) in [5.41, 5.74) is 0. The van der Waals surface area contributed by atoms with Gasteiger partial charge in [-0.3, -0.25) is 0 Å². The molecule has 2 N–H and O–H groups in total. The molecule has 1 aromatic heterocycles. The summed E-state index contributed by atoms with van der Waals surface area (Å²) < 4.78 is 0. The Morgan fingerprint density at radius 1 is 1.50 bits per heavy atom. The molecule has 0 aliphatic heterocycles. The first-order chi connectivity index (χ1) is 6.65. The molecule has 0 saturated heterocycles. The molecule has 1 unspecified atom stereocenters. The summed E-state index contributed by atoms with van der Waals surface area (Å²) in [5.74, 6) is 0. The molecule has 0 amide bonds. The van der Waals surface area contributed by atoms with Crippen LogP contribution in [0.3, 0.4) is 0 Å². The zero-order valence-corrected chi connectivity index (χ0v) is 9.47. The van der Waals surface area contributed by atoms with Crippen molar-refractivity contribution >= 4 is 11.3 Å². The lowest BCUT2D eigenvalue weighted by molar-refractivity contribution is 0.0587. The van der Waals surface area contributed by atoms with E-state index in [1.807, 2.05) is 11.3 Å². The van der Waals surface area contributed by atoms with Gasteiger partial charge in [-0.05, 0) is 38.8 Å². The Morgan fingerprint density at radius 3 is 2.71 bits per heavy atom. The number of nitrogens with one attached hydrogen (secondary N) is 1. The fraction of sp³-hybridized carbons (Fsp3) is 0.636. The number of thiophene rings is 1. The maximum atomic E-state index is 9.17. The monoisotopic (exact) mass is 211 g/mol. The van der Waals surface area contributed by atoms with Gasteiger partial charge < -0.3 is 10.4 Å². The molecule has 3 heteroatoms. The number of hydrogen-bond acceptors (Lipinski definition) is 3. The largest absolute Gasteiger partial charge is 0.393 e. The molecule has 1 aromatic rings. The van der Waals surface area contributed by atoms with Crippen LogP contribution in [0.4, 0.5) is 0 Å². The molecule has 1 atom stereocenters. The Morgan fingerprint density at radius 2 is 2.21 bits per heavy atom. The van der Waals surface area contributed by atoms with Crippen molar-refractivity contribution in [2.24, 2.45) is 0 Å². The van der Waals surface area contributed by atoms with E-state index in [9.17, 15) is 0 Å². The quantitative estimate of drug-likeness (QED) is 0.803. The van der Waals surface area contributed by atoms with Crippen LogP contribution in [0.5, 0.6) is 0 Å². The third-order valence-corrected chi connectivity index (χ3v) is 3.97. The van der Waals surface area contributed by atoms with E-state index in [1.54, 1.807) is 0 Å². The second-order valence-electron chi connectivity index (χ2n) is 4.16. The van der Waals surface area contributed by atoms with Crippen molar-refractivity contribution in [2.75, 3.05) is 0 Å². The van der Waals surface area contributed by atoms with Crippen LogP contribution in [0.2, 0.25) is 0 Å². The topological polar surface area (TPSA) is 32.3 Å². The lowest BCUT2D eigenvalue weighted by Gasteiger charge is -2.34. The summed E-state index contributed by atoms with van der Waals surface area (Å²) in [7, 11) is 0. The molecule has 1 saturated carbocycles. The molecular formula is C11H17NOS.